The van der Waals surface area contributed by atoms with Crippen molar-refractivity contribution in [1.82, 2.24) is 23.5 Å². The van der Waals surface area contributed by atoms with Gasteiger partial charge in [0.1, 0.15) is 5.76 Å². The summed E-state index contributed by atoms with van der Waals surface area (Å²) in [5, 5.41) is 9.37. The molecule has 0 saturated heterocycles. The van der Waals surface area contributed by atoms with E-state index in [-0.39, 0.29) is 10.7 Å². The van der Waals surface area contributed by atoms with Crippen LogP contribution >= 0.6 is 11.8 Å². The molecule has 146 valence electrons. The summed E-state index contributed by atoms with van der Waals surface area (Å²) in [4.78, 5) is 12.5. The fraction of sp³-hybridized carbons (Fsp3) is 0.235. The third-order valence-electron chi connectivity index (χ3n) is 4.31. The maximum Gasteiger partial charge on any atom is 0.275 e. The average molecular weight is 419 g/mol. The van der Waals surface area contributed by atoms with Crippen LogP contribution in [0, 0.1) is 0 Å². The first-order chi connectivity index (χ1) is 13.3. The Morgan fingerprint density at radius 3 is 2.64 bits per heavy atom. The van der Waals surface area contributed by atoms with Gasteiger partial charge in [0, 0.05) is 21.1 Å². The molecule has 0 radical (unpaired) electrons. The van der Waals surface area contributed by atoms with Crippen LogP contribution in [0.3, 0.4) is 0 Å². The Morgan fingerprint density at radius 1 is 1.14 bits per heavy atom. The molecule has 0 bridgehead atoms. The lowest BCUT2D eigenvalue weighted by Crippen LogP contribution is -2.21. The number of aromatic nitrogens is 4. The highest BCUT2D eigenvalue weighted by atomic mass is 32.2. The summed E-state index contributed by atoms with van der Waals surface area (Å²) in [6.45, 7) is 0. The molecule has 0 unspecified atom stereocenters. The van der Waals surface area contributed by atoms with Crippen molar-refractivity contribution in [3.05, 3.63) is 52.5 Å². The lowest BCUT2D eigenvalue weighted by molar-refractivity contribution is 0.408. The molecule has 1 aromatic carbocycles. The average Bonchev–Trinajstić information content (AvgIpc) is 3.32. The van der Waals surface area contributed by atoms with Gasteiger partial charge in [-0.25, -0.2) is 12.7 Å². The smallest absolute Gasteiger partial charge is 0.275 e. The molecule has 4 rings (SSSR count). The molecule has 3 aromatic heterocycles. The maximum atomic E-state index is 12.5. The highest BCUT2D eigenvalue weighted by molar-refractivity contribution is 7.98. The molecule has 0 saturated carbocycles. The van der Waals surface area contributed by atoms with Crippen LogP contribution in [0.4, 0.5) is 0 Å². The number of benzene rings is 1. The molecular weight excluding hydrogens is 402 g/mol. The fourth-order valence-electron chi connectivity index (χ4n) is 2.79. The van der Waals surface area contributed by atoms with E-state index in [2.05, 4.69) is 10.2 Å². The molecule has 0 spiro atoms. The van der Waals surface area contributed by atoms with E-state index in [1.807, 2.05) is 22.6 Å². The van der Waals surface area contributed by atoms with E-state index in [0.717, 1.165) is 4.31 Å². The van der Waals surface area contributed by atoms with Crippen LogP contribution in [0.2, 0.25) is 0 Å². The van der Waals surface area contributed by atoms with E-state index >= 15 is 0 Å². The topological polar surface area (TPSA) is 103 Å². The number of furan rings is 1. The Morgan fingerprint density at radius 2 is 1.89 bits per heavy atom. The normalized spacial score (nSPS) is 12.4. The summed E-state index contributed by atoms with van der Waals surface area (Å²) < 4.78 is 34.1. The number of fused-ring (bicyclic) bond motifs is 3. The quantitative estimate of drug-likeness (QED) is 0.454. The maximum absolute atomic E-state index is 12.5. The summed E-state index contributed by atoms with van der Waals surface area (Å²) >= 11 is 1.34. The molecule has 0 fully saturated rings. The summed E-state index contributed by atoms with van der Waals surface area (Å²) in [5.41, 5.74) is 0.569. The van der Waals surface area contributed by atoms with Crippen LogP contribution < -0.4 is 5.56 Å². The van der Waals surface area contributed by atoms with E-state index in [4.69, 9.17) is 4.42 Å². The van der Waals surface area contributed by atoms with E-state index in [1.165, 1.54) is 36.5 Å². The second-order valence-electron chi connectivity index (χ2n) is 6.30. The summed E-state index contributed by atoms with van der Waals surface area (Å²) in [6, 6.07) is 10.3. The van der Waals surface area contributed by atoms with Gasteiger partial charge in [-0.15, -0.1) is 10.2 Å². The highest BCUT2D eigenvalue weighted by Crippen LogP contribution is 2.26. The molecule has 9 nitrogen and oxygen atoms in total. The second-order valence-corrected chi connectivity index (χ2v) is 9.32. The third-order valence-corrected chi connectivity index (χ3v) is 6.95. The van der Waals surface area contributed by atoms with Crippen LogP contribution in [0.1, 0.15) is 5.76 Å². The predicted octanol–water partition coefficient (Wildman–Crippen LogP) is 1.72. The summed E-state index contributed by atoms with van der Waals surface area (Å²) in [5.74, 6) is 1.29. The van der Waals surface area contributed by atoms with Crippen LogP contribution in [0.5, 0.6) is 0 Å². The number of hydrogen-bond acceptors (Lipinski definition) is 7. The van der Waals surface area contributed by atoms with Crippen molar-refractivity contribution < 1.29 is 12.8 Å². The first-order valence-electron chi connectivity index (χ1n) is 8.27. The van der Waals surface area contributed by atoms with Crippen molar-refractivity contribution in [2.75, 3.05) is 14.1 Å². The van der Waals surface area contributed by atoms with E-state index in [0.29, 0.717) is 33.4 Å². The minimum absolute atomic E-state index is 0.105. The van der Waals surface area contributed by atoms with E-state index < -0.39 is 10.0 Å². The molecule has 0 N–H and O–H groups in total. The first kappa shape index (κ1) is 18.7. The minimum Gasteiger partial charge on any atom is -0.447 e. The van der Waals surface area contributed by atoms with Crippen molar-refractivity contribution in [1.29, 1.82) is 0 Å². The molecule has 0 aliphatic heterocycles. The van der Waals surface area contributed by atoms with Crippen molar-refractivity contribution in [2.45, 2.75) is 16.0 Å². The predicted molar refractivity (Wildman–Crippen MR) is 105 cm³/mol. The van der Waals surface area contributed by atoms with Gasteiger partial charge < -0.3 is 4.42 Å². The van der Waals surface area contributed by atoms with Crippen LogP contribution in [0.15, 0.2) is 55.9 Å². The molecule has 11 heteroatoms. The zero-order valence-electron chi connectivity index (χ0n) is 15.4. The summed E-state index contributed by atoms with van der Waals surface area (Å²) in [7, 11) is 0.932. The van der Waals surface area contributed by atoms with Crippen molar-refractivity contribution in [3.8, 4) is 0 Å². The number of aryl methyl sites for hydroxylation is 1. The van der Waals surface area contributed by atoms with Gasteiger partial charge in [-0.1, -0.05) is 23.9 Å². The number of nitrogens with zero attached hydrogens (tertiary/aromatic N) is 5. The van der Waals surface area contributed by atoms with Gasteiger partial charge in [0.15, 0.2) is 5.16 Å². The van der Waals surface area contributed by atoms with Gasteiger partial charge in [0.2, 0.25) is 10.9 Å². The molecule has 0 amide bonds. The first-order valence-corrected chi connectivity index (χ1v) is 10.7. The van der Waals surface area contributed by atoms with Gasteiger partial charge in [-0.2, -0.15) is 0 Å². The van der Waals surface area contributed by atoms with Crippen LogP contribution in [-0.2, 0) is 22.8 Å². The number of sulfonamides is 1. The monoisotopic (exact) mass is 419 g/mol. The van der Waals surface area contributed by atoms with E-state index in [9.17, 15) is 13.2 Å². The number of rotatable bonds is 5. The number of thioether (sulfide) groups is 1. The molecule has 0 aliphatic rings. The molecule has 3 heterocycles. The van der Waals surface area contributed by atoms with Crippen molar-refractivity contribution in [3.63, 3.8) is 0 Å². The Balaban J connectivity index is 1.71. The number of hydrogen-bond donors (Lipinski definition) is 0. The van der Waals surface area contributed by atoms with Crippen LogP contribution in [0.25, 0.3) is 16.7 Å². The molecule has 0 atom stereocenters. The molecular formula is C17H17N5O4S2. The van der Waals surface area contributed by atoms with Crippen molar-refractivity contribution >= 4 is 38.5 Å². The van der Waals surface area contributed by atoms with Gasteiger partial charge in [0.05, 0.1) is 16.7 Å². The Hall–Kier alpha value is -2.63. The lowest BCUT2D eigenvalue weighted by atomic mass is 10.2. The molecule has 4 aromatic rings. The standard InChI is InChI=1S/C17H17N5O4S2/c1-20(2)28(24,25)14-9-8-11(26-14)10-27-17-19-18-16-21(3)15(23)12-6-4-5-7-13(12)22(16)17/h4-9H,10H2,1-3H3. The van der Waals surface area contributed by atoms with Gasteiger partial charge in [-0.05, 0) is 24.3 Å². The fourth-order valence-corrected chi connectivity index (χ4v) is 4.44. The molecule has 28 heavy (non-hydrogen) atoms. The summed E-state index contributed by atoms with van der Waals surface area (Å²) in [6.07, 6.45) is 0. The lowest BCUT2D eigenvalue weighted by Gasteiger charge is -2.08. The Kier molecular flexibility index (Phi) is 4.52. The minimum atomic E-state index is -3.62. The number of para-hydroxylation sites is 1. The second kappa shape index (κ2) is 6.76. The van der Waals surface area contributed by atoms with E-state index in [1.54, 1.807) is 19.2 Å². The van der Waals surface area contributed by atoms with Crippen LogP contribution in [-0.4, -0.2) is 46.0 Å². The van der Waals surface area contributed by atoms with Gasteiger partial charge in [-0.3, -0.25) is 13.8 Å². The Bertz CT molecular complexity index is 1350. The van der Waals surface area contributed by atoms with Crippen molar-refractivity contribution in [2.24, 2.45) is 7.05 Å². The zero-order chi connectivity index (χ0) is 20.1. The SMILES string of the molecule is CN(C)S(=O)(=O)c1ccc(CSc2nnc3n(C)c(=O)c4ccccc4n23)o1. The Labute approximate surface area is 164 Å². The highest BCUT2D eigenvalue weighted by Gasteiger charge is 2.22. The van der Waals surface area contributed by atoms with Gasteiger partial charge >= 0.3 is 0 Å². The van der Waals surface area contributed by atoms with Gasteiger partial charge in [0.25, 0.3) is 15.6 Å². The molecule has 0 aliphatic carbocycles. The third kappa shape index (κ3) is 2.91. The largest absolute Gasteiger partial charge is 0.447 e. The zero-order valence-corrected chi connectivity index (χ0v) is 17.0.